The second kappa shape index (κ2) is 8.13. The van der Waals surface area contributed by atoms with Gasteiger partial charge in [0.05, 0.1) is 6.10 Å². The molecule has 0 radical (unpaired) electrons. The first-order chi connectivity index (χ1) is 11.6. The minimum absolute atomic E-state index is 0.00132. The van der Waals surface area contributed by atoms with Gasteiger partial charge in [-0.2, -0.15) is 0 Å². The van der Waals surface area contributed by atoms with Gasteiger partial charge in [-0.15, -0.1) is 0 Å². The molecule has 1 aliphatic carbocycles. The molecule has 3 rings (SSSR count). The molecule has 0 bridgehead atoms. The predicted octanol–water partition coefficient (Wildman–Crippen LogP) is 3.07. The van der Waals surface area contributed by atoms with Crippen molar-refractivity contribution in [3.8, 4) is 0 Å². The highest BCUT2D eigenvalue weighted by atomic mass is 16.5. The van der Waals surface area contributed by atoms with Crippen LogP contribution >= 0.6 is 0 Å². The first kappa shape index (κ1) is 17.4. The highest BCUT2D eigenvalue weighted by Crippen LogP contribution is 2.27. The van der Waals surface area contributed by atoms with Crippen molar-refractivity contribution in [2.45, 2.75) is 69.6 Å². The van der Waals surface area contributed by atoms with Crippen molar-refractivity contribution in [3.05, 3.63) is 35.9 Å². The number of hydrogen-bond donors (Lipinski definition) is 1. The minimum Gasteiger partial charge on any atom is -0.365 e. The second-order valence-electron chi connectivity index (χ2n) is 7.32. The molecule has 1 aromatic carbocycles. The first-order valence-corrected chi connectivity index (χ1v) is 9.40. The van der Waals surface area contributed by atoms with E-state index < -0.39 is 0 Å². The third-order valence-corrected chi connectivity index (χ3v) is 5.45. The maximum Gasteiger partial charge on any atom is 0.251 e. The Bertz CT molecular complexity index is 526. The van der Waals surface area contributed by atoms with Gasteiger partial charge in [0, 0.05) is 25.0 Å². The number of rotatable bonds is 4. The van der Waals surface area contributed by atoms with Crippen LogP contribution in [0, 0.1) is 0 Å². The Balaban J connectivity index is 1.57. The van der Waals surface area contributed by atoms with Gasteiger partial charge in [-0.25, -0.2) is 0 Å². The molecule has 2 N–H and O–H groups in total. The van der Waals surface area contributed by atoms with Crippen LogP contribution in [-0.4, -0.2) is 42.1 Å². The summed E-state index contributed by atoms with van der Waals surface area (Å²) in [7, 11) is 0. The molecular weight excluding hydrogens is 300 g/mol. The molecular formula is C20H30N2O2. The Hall–Kier alpha value is -1.39. The quantitative estimate of drug-likeness (QED) is 0.863. The molecule has 1 unspecified atom stereocenters. The van der Waals surface area contributed by atoms with Crippen LogP contribution < -0.4 is 5.73 Å². The van der Waals surface area contributed by atoms with E-state index in [1.165, 1.54) is 31.2 Å². The van der Waals surface area contributed by atoms with Crippen molar-refractivity contribution >= 4 is 5.91 Å². The third-order valence-electron chi connectivity index (χ3n) is 5.45. The SMILES string of the molecule is CC(OC1CCCCCC1)C(=O)N1C[C@@H](N)[C@H](c2ccccc2)C1. The van der Waals surface area contributed by atoms with Crippen LogP contribution in [0.4, 0.5) is 0 Å². The summed E-state index contributed by atoms with van der Waals surface area (Å²) in [6, 6.07) is 10.3. The molecule has 4 nitrogen and oxygen atoms in total. The molecule has 1 saturated heterocycles. The summed E-state index contributed by atoms with van der Waals surface area (Å²) in [5.41, 5.74) is 7.53. The Morgan fingerprint density at radius 3 is 2.46 bits per heavy atom. The van der Waals surface area contributed by atoms with Crippen LogP contribution in [0.3, 0.4) is 0 Å². The van der Waals surface area contributed by atoms with Crippen molar-refractivity contribution in [2.24, 2.45) is 5.73 Å². The predicted molar refractivity (Wildman–Crippen MR) is 95.8 cm³/mol. The summed E-state index contributed by atoms with van der Waals surface area (Å²) in [5, 5.41) is 0. The fraction of sp³-hybridized carbons (Fsp3) is 0.650. The Morgan fingerprint density at radius 2 is 1.79 bits per heavy atom. The standard InChI is InChI=1S/C20H30N2O2/c1-15(24-17-11-7-2-3-8-12-17)20(23)22-13-18(19(21)14-22)16-9-5-4-6-10-16/h4-6,9-10,15,17-19H,2-3,7-8,11-14,21H2,1H3/t15?,18-,19+/m0/s1. The molecule has 3 atom stereocenters. The lowest BCUT2D eigenvalue weighted by atomic mass is 9.95. The van der Waals surface area contributed by atoms with E-state index in [0.717, 1.165) is 12.8 Å². The van der Waals surface area contributed by atoms with Crippen LogP contribution in [0.15, 0.2) is 30.3 Å². The van der Waals surface area contributed by atoms with Crippen molar-refractivity contribution < 1.29 is 9.53 Å². The average Bonchev–Trinajstić information content (AvgIpc) is 2.80. The van der Waals surface area contributed by atoms with E-state index in [1.54, 1.807) is 0 Å². The lowest BCUT2D eigenvalue weighted by molar-refractivity contribution is -0.145. The highest BCUT2D eigenvalue weighted by Gasteiger charge is 2.36. The van der Waals surface area contributed by atoms with E-state index in [-0.39, 0.29) is 30.1 Å². The van der Waals surface area contributed by atoms with Gasteiger partial charge in [0.1, 0.15) is 6.10 Å². The molecule has 1 heterocycles. The molecule has 2 aliphatic rings. The molecule has 1 aliphatic heterocycles. The van der Waals surface area contributed by atoms with Crippen LogP contribution in [-0.2, 0) is 9.53 Å². The number of likely N-dealkylation sites (tertiary alicyclic amines) is 1. The van der Waals surface area contributed by atoms with E-state index >= 15 is 0 Å². The molecule has 1 amide bonds. The van der Waals surface area contributed by atoms with Gasteiger partial charge in [0.15, 0.2) is 0 Å². The highest BCUT2D eigenvalue weighted by molar-refractivity contribution is 5.81. The van der Waals surface area contributed by atoms with Gasteiger partial charge in [-0.3, -0.25) is 4.79 Å². The molecule has 1 aromatic rings. The lowest BCUT2D eigenvalue weighted by Gasteiger charge is -2.25. The van der Waals surface area contributed by atoms with Gasteiger partial charge < -0.3 is 15.4 Å². The number of hydrogen-bond acceptors (Lipinski definition) is 3. The molecule has 1 saturated carbocycles. The van der Waals surface area contributed by atoms with E-state index in [4.69, 9.17) is 10.5 Å². The number of nitrogens with two attached hydrogens (primary N) is 1. The molecule has 132 valence electrons. The van der Waals surface area contributed by atoms with Gasteiger partial charge in [0.25, 0.3) is 5.91 Å². The van der Waals surface area contributed by atoms with Gasteiger partial charge in [0.2, 0.25) is 0 Å². The molecule has 24 heavy (non-hydrogen) atoms. The summed E-state index contributed by atoms with van der Waals surface area (Å²) < 4.78 is 6.09. The number of ether oxygens (including phenoxy) is 1. The van der Waals surface area contributed by atoms with Crippen LogP contribution in [0.25, 0.3) is 0 Å². The summed E-state index contributed by atoms with van der Waals surface area (Å²) >= 11 is 0. The van der Waals surface area contributed by atoms with Crippen LogP contribution in [0.5, 0.6) is 0 Å². The molecule has 2 fully saturated rings. The number of carbonyl (C=O) groups excluding carboxylic acids is 1. The Morgan fingerprint density at radius 1 is 1.12 bits per heavy atom. The monoisotopic (exact) mass is 330 g/mol. The maximum atomic E-state index is 12.8. The summed E-state index contributed by atoms with van der Waals surface area (Å²) in [5.74, 6) is 0.313. The minimum atomic E-state index is -0.366. The zero-order chi connectivity index (χ0) is 16.9. The summed E-state index contributed by atoms with van der Waals surface area (Å²) in [6.45, 7) is 3.22. The number of amides is 1. The zero-order valence-corrected chi connectivity index (χ0v) is 14.7. The van der Waals surface area contributed by atoms with E-state index in [9.17, 15) is 4.79 Å². The fourth-order valence-electron chi connectivity index (χ4n) is 4.04. The smallest absolute Gasteiger partial charge is 0.251 e. The zero-order valence-electron chi connectivity index (χ0n) is 14.7. The number of benzene rings is 1. The van der Waals surface area contributed by atoms with Crippen molar-refractivity contribution in [3.63, 3.8) is 0 Å². The second-order valence-corrected chi connectivity index (χ2v) is 7.32. The van der Waals surface area contributed by atoms with Crippen molar-refractivity contribution in [2.75, 3.05) is 13.1 Å². The third kappa shape index (κ3) is 4.17. The summed E-state index contributed by atoms with van der Waals surface area (Å²) in [6.07, 6.45) is 7.08. The van der Waals surface area contributed by atoms with Gasteiger partial charge >= 0.3 is 0 Å². The molecule has 0 aromatic heterocycles. The topological polar surface area (TPSA) is 55.6 Å². The normalized spacial score (nSPS) is 27.0. The van der Waals surface area contributed by atoms with Crippen molar-refractivity contribution in [1.29, 1.82) is 0 Å². The van der Waals surface area contributed by atoms with E-state index in [0.29, 0.717) is 13.1 Å². The number of nitrogens with zero attached hydrogens (tertiary/aromatic N) is 1. The fourth-order valence-corrected chi connectivity index (χ4v) is 4.04. The van der Waals surface area contributed by atoms with Crippen molar-refractivity contribution in [1.82, 2.24) is 4.90 Å². The van der Waals surface area contributed by atoms with Crippen LogP contribution in [0.1, 0.15) is 56.9 Å². The number of carbonyl (C=O) groups is 1. The Labute approximate surface area is 145 Å². The van der Waals surface area contributed by atoms with E-state index in [2.05, 4.69) is 12.1 Å². The lowest BCUT2D eigenvalue weighted by Crippen LogP contribution is -2.40. The van der Waals surface area contributed by atoms with Crippen LogP contribution in [0.2, 0.25) is 0 Å². The molecule has 4 heteroatoms. The first-order valence-electron chi connectivity index (χ1n) is 9.40. The maximum absolute atomic E-state index is 12.8. The van der Waals surface area contributed by atoms with E-state index in [1.807, 2.05) is 30.0 Å². The summed E-state index contributed by atoms with van der Waals surface area (Å²) in [4.78, 5) is 14.7. The van der Waals surface area contributed by atoms with Gasteiger partial charge in [-0.05, 0) is 25.3 Å². The largest absolute Gasteiger partial charge is 0.365 e. The average molecular weight is 330 g/mol. The van der Waals surface area contributed by atoms with Gasteiger partial charge in [-0.1, -0.05) is 56.0 Å². The Kier molecular flexibility index (Phi) is 5.90. The molecule has 0 spiro atoms.